The first-order valence-electron chi connectivity index (χ1n) is 30.3. The lowest BCUT2D eigenvalue weighted by Gasteiger charge is -2.44. The summed E-state index contributed by atoms with van der Waals surface area (Å²) in [6.07, 6.45) is 18.6. The highest BCUT2D eigenvalue weighted by molar-refractivity contribution is 5.92. The molecule has 4 heteroatoms. The fourth-order valence-corrected chi connectivity index (χ4v) is 12.8. The summed E-state index contributed by atoms with van der Waals surface area (Å²) in [6, 6.07) is 70.8. The van der Waals surface area contributed by atoms with Crippen molar-refractivity contribution in [2.24, 2.45) is 5.92 Å². The zero-order valence-corrected chi connectivity index (χ0v) is 51.9. The molecule has 8 aromatic rings. The molecule has 12 rings (SSSR count). The van der Waals surface area contributed by atoms with Crippen molar-refractivity contribution >= 4 is 22.7 Å². The van der Waals surface area contributed by atoms with Gasteiger partial charge in [0.05, 0.1) is 40.7 Å². The van der Waals surface area contributed by atoms with Crippen LogP contribution in [-0.4, -0.2) is 6.04 Å². The Morgan fingerprint density at radius 2 is 0.849 bits per heavy atom. The average Bonchev–Trinajstić information content (AvgIpc) is 0.886. The molecule has 4 aliphatic carbocycles. The van der Waals surface area contributed by atoms with Crippen LogP contribution in [0.1, 0.15) is 116 Å². The van der Waals surface area contributed by atoms with Crippen LogP contribution in [0.2, 0.25) is 0 Å². The second-order valence-corrected chi connectivity index (χ2v) is 27.7. The number of benzene rings is 8. The Bertz CT molecular complexity index is 4370. The minimum absolute atomic E-state index is 0.0169. The van der Waals surface area contributed by atoms with Gasteiger partial charge in [0, 0.05) is 34.1 Å². The number of rotatable bonds is 10. The van der Waals surface area contributed by atoms with Gasteiger partial charge < -0.3 is 9.80 Å². The van der Waals surface area contributed by atoms with Gasteiger partial charge in [-0.3, -0.25) is 0 Å². The highest BCUT2D eigenvalue weighted by atomic mass is 15.2. The largest absolute Gasteiger partial charge is 0.330 e. The Morgan fingerprint density at radius 1 is 0.395 bits per heavy atom. The van der Waals surface area contributed by atoms with E-state index in [1.807, 2.05) is 36.4 Å². The Morgan fingerprint density at radius 3 is 1.37 bits per heavy atom. The summed E-state index contributed by atoms with van der Waals surface area (Å²) in [5.74, 6) is -0.108. The lowest BCUT2D eigenvalue weighted by Crippen LogP contribution is -2.37. The van der Waals surface area contributed by atoms with Crippen LogP contribution in [0.3, 0.4) is 0 Å². The smallest absolute Gasteiger partial charge is 0.0992 e. The Labute approximate surface area is 511 Å². The van der Waals surface area contributed by atoms with Gasteiger partial charge in [0.15, 0.2) is 0 Å². The van der Waals surface area contributed by atoms with Crippen LogP contribution < -0.4 is 9.80 Å². The molecule has 0 aromatic heterocycles. The summed E-state index contributed by atoms with van der Waals surface area (Å²) in [4.78, 5) is 4.87. The Hall–Kier alpha value is -9.48. The summed E-state index contributed by atoms with van der Waals surface area (Å²) in [6.45, 7) is 27.3. The first-order chi connectivity index (χ1) is 41.0. The van der Waals surface area contributed by atoms with E-state index in [9.17, 15) is 10.5 Å². The highest BCUT2D eigenvalue weighted by Crippen LogP contribution is 2.54. The van der Waals surface area contributed by atoms with Crippen LogP contribution in [0, 0.1) is 28.6 Å². The molecule has 0 radical (unpaired) electrons. The van der Waals surface area contributed by atoms with E-state index in [0.717, 1.165) is 61.8 Å². The fourth-order valence-electron chi connectivity index (χ4n) is 12.8. The van der Waals surface area contributed by atoms with Gasteiger partial charge >= 0.3 is 0 Å². The highest BCUT2D eigenvalue weighted by Gasteiger charge is 2.41. The molecule has 8 aromatic carbocycles. The summed E-state index contributed by atoms with van der Waals surface area (Å²) in [5, 5.41) is 21.1. The lowest BCUT2D eigenvalue weighted by molar-refractivity contribution is 0.590. The predicted molar refractivity (Wildman–Crippen MR) is 361 cm³/mol. The third-order valence-corrected chi connectivity index (χ3v) is 17.7. The van der Waals surface area contributed by atoms with E-state index < -0.39 is 0 Å². The van der Waals surface area contributed by atoms with Crippen molar-refractivity contribution in [3.05, 3.63) is 298 Å². The quantitative estimate of drug-likeness (QED) is 0.137. The molecule has 0 aliphatic heterocycles. The van der Waals surface area contributed by atoms with Gasteiger partial charge in [-0.25, -0.2) is 0 Å². The molecule has 2 atom stereocenters. The minimum Gasteiger partial charge on any atom is -0.330 e. The molecule has 0 heterocycles. The maximum absolute atomic E-state index is 10.5. The van der Waals surface area contributed by atoms with E-state index in [1.54, 1.807) is 0 Å². The Balaban J connectivity index is 1.04. The van der Waals surface area contributed by atoms with Crippen molar-refractivity contribution in [1.82, 2.24) is 0 Å². The molecule has 0 bridgehead atoms. The number of nitrogens with zero attached hydrogens (tertiary/aromatic N) is 4. The fraction of sp³-hybridized carbons (Fsp3) is 0.220. The Kier molecular flexibility index (Phi) is 14.5. The van der Waals surface area contributed by atoms with Gasteiger partial charge in [-0.15, -0.1) is 0 Å². The molecule has 86 heavy (non-hydrogen) atoms. The van der Waals surface area contributed by atoms with Gasteiger partial charge in [-0.05, 0) is 172 Å². The molecule has 0 amide bonds. The summed E-state index contributed by atoms with van der Waals surface area (Å²) in [5.41, 5.74) is 26.1. The molecule has 2 unspecified atom stereocenters. The standard InChI is InChI=1S/C82H76N4/c1-79(2,3)63-25-15-21-57(45-63)59-35-41-75(71(49-59)61-23-17-27-65(47-61)81(7,8)9)85(67-29-13-19-53(43-67)51-83)73-39-33-55-32-38-70-74(40-34-56-31-37-69(73)77(55)78(56)70)86(68-30-14-20-54(44-68)52-84)76-42-36-60(58-22-16-26-64(46-58)80(4,5)6)50-72(76)62-24-18-28-66(48-62)82(10,11)12/h13-50,73,78H,1-12H3. The van der Waals surface area contributed by atoms with E-state index >= 15 is 0 Å². The van der Waals surface area contributed by atoms with Crippen molar-refractivity contribution < 1.29 is 0 Å². The van der Waals surface area contributed by atoms with E-state index in [-0.39, 0.29) is 33.6 Å². The monoisotopic (exact) mass is 1120 g/mol. The third kappa shape index (κ3) is 10.9. The predicted octanol–water partition coefficient (Wildman–Crippen LogP) is 21.4. The normalized spacial score (nSPS) is 16.3. The average molecular weight is 1120 g/mol. The zero-order chi connectivity index (χ0) is 60.5. The molecular formula is C82H76N4. The van der Waals surface area contributed by atoms with Crippen molar-refractivity contribution in [3.63, 3.8) is 0 Å². The van der Waals surface area contributed by atoms with Crippen molar-refractivity contribution in [3.8, 4) is 56.6 Å². The second kappa shape index (κ2) is 21.9. The van der Waals surface area contributed by atoms with E-state index in [0.29, 0.717) is 11.1 Å². The maximum atomic E-state index is 10.5. The van der Waals surface area contributed by atoms with Crippen LogP contribution in [0.15, 0.2) is 264 Å². The van der Waals surface area contributed by atoms with Crippen molar-refractivity contribution in [1.29, 1.82) is 10.5 Å². The maximum Gasteiger partial charge on any atom is 0.0992 e. The second-order valence-electron chi connectivity index (χ2n) is 27.7. The molecule has 0 N–H and O–H groups in total. The number of hydrogen-bond acceptors (Lipinski definition) is 4. The molecule has 0 spiro atoms. The first kappa shape index (κ1) is 57.0. The number of nitriles is 2. The minimum atomic E-state index is -0.267. The molecular weight excluding hydrogens is 1040 g/mol. The van der Waals surface area contributed by atoms with Gasteiger partial charge in [0.2, 0.25) is 0 Å². The van der Waals surface area contributed by atoms with Gasteiger partial charge in [-0.1, -0.05) is 247 Å². The summed E-state index contributed by atoms with van der Waals surface area (Å²) >= 11 is 0. The van der Waals surface area contributed by atoms with Gasteiger partial charge in [-0.2, -0.15) is 10.5 Å². The van der Waals surface area contributed by atoms with Crippen molar-refractivity contribution in [2.75, 3.05) is 9.80 Å². The molecule has 4 aliphatic rings. The SMILES string of the molecule is CC(C)(C)c1cccc(-c2ccc(N(C3=C4C=CC5=C6C(=CC=C(C=C3)C46)C(N(c3cccc(C#N)c3)c3ccc(-c4cccc(C(C)(C)C)c4)cc3-c3cccc(C(C)(C)C)c3)C=C5)c3cccc(C#N)c3)c(-c3cccc(C(C)(C)C)c3)c2)c1. The van der Waals surface area contributed by atoms with Gasteiger partial charge in [0.1, 0.15) is 0 Å². The van der Waals surface area contributed by atoms with Crippen molar-refractivity contribution in [2.45, 2.75) is 111 Å². The summed E-state index contributed by atoms with van der Waals surface area (Å²) in [7, 11) is 0. The number of allylic oxidation sites excluding steroid dienone is 10. The van der Waals surface area contributed by atoms with Crippen LogP contribution in [0.4, 0.5) is 22.7 Å². The summed E-state index contributed by atoms with van der Waals surface area (Å²) < 4.78 is 0. The van der Waals surface area contributed by atoms with Gasteiger partial charge in [0.25, 0.3) is 0 Å². The van der Waals surface area contributed by atoms with E-state index in [2.05, 4.69) is 299 Å². The van der Waals surface area contributed by atoms with Crippen LogP contribution in [0.25, 0.3) is 44.5 Å². The molecule has 0 saturated carbocycles. The topological polar surface area (TPSA) is 54.1 Å². The van der Waals surface area contributed by atoms with E-state index in [4.69, 9.17) is 0 Å². The third-order valence-electron chi connectivity index (χ3n) is 17.7. The molecule has 0 fully saturated rings. The van der Waals surface area contributed by atoms with Crippen LogP contribution >= 0.6 is 0 Å². The first-order valence-corrected chi connectivity index (χ1v) is 30.3. The number of hydrogen-bond donors (Lipinski definition) is 0. The van der Waals surface area contributed by atoms with Crippen LogP contribution in [0.5, 0.6) is 0 Å². The zero-order valence-electron chi connectivity index (χ0n) is 51.9. The number of anilines is 4. The lowest BCUT2D eigenvalue weighted by atomic mass is 9.67. The van der Waals surface area contributed by atoms with E-state index in [1.165, 1.54) is 61.2 Å². The molecule has 424 valence electrons. The van der Waals surface area contributed by atoms with Crippen LogP contribution in [-0.2, 0) is 21.7 Å². The molecule has 4 nitrogen and oxygen atoms in total. The molecule has 0 saturated heterocycles.